The molecule has 5 heteroatoms. The molecule has 0 bridgehead atoms. The summed E-state index contributed by atoms with van der Waals surface area (Å²) in [5, 5.41) is 9.22. The van der Waals surface area contributed by atoms with E-state index in [0.29, 0.717) is 0 Å². The molecule has 2 heterocycles. The molecule has 4 nitrogen and oxygen atoms in total. The van der Waals surface area contributed by atoms with Gasteiger partial charge < -0.3 is 9.51 Å². The highest BCUT2D eigenvalue weighted by atomic mass is 19.1. The van der Waals surface area contributed by atoms with Crippen LogP contribution in [0.4, 0.5) is 4.39 Å². The van der Waals surface area contributed by atoms with Crippen molar-refractivity contribution >= 4 is 11.6 Å². The lowest BCUT2D eigenvalue weighted by Crippen LogP contribution is -2.10. The van der Waals surface area contributed by atoms with Gasteiger partial charge in [0, 0.05) is 18.3 Å². The number of aliphatic carboxylic acids is 1. The van der Waals surface area contributed by atoms with E-state index in [1.165, 1.54) is 12.1 Å². The molecule has 0 radical (unpaired) electrons. The average molecular weight is 298 g/mol. The van der Waals surface area contributed by atoms with E-state index in [-0.39, 0.29) is 18.2 Å². The van der Waals surface area contributed by atoms with Gasteiger partial charge in [-0.05, 0) is 36.2 Å². The number of imidazole rings is 1. The van der Waals surface area contributed by atoms with Crippen molar-refractivity contribution in [3.05, 3.63) is 71.4 Å². The lowest BCUT2D eigenvalue weighted by atomic mass is 9.93. The van der Waals surface area contributed by atoms with Crippen LogP contribution in [0.25, 0.3) is 5.65 Å². The Kier molecular flexibility index (Phi) is 3.63. The summed E-state index contributed by atoms with van der Waals surface area (Å²) < 4.78 is 15.0. The second-order valence-corrected chi connectivity index (χ2v) is 5.32. The van der Waals surface area contributed by atoms with E-state index in [2.05, 4.69) is 4.98 Å². The predicted octanol–water partition coefficient (Wildman–Crippen LogP) is 3.39. The van der Waals surface area contributed by atoms with Crippen molar-refractivity contribution in [2.75, 3.05) is 0 Å². The Hall–Kier alpha value is -2.69. The summed E-state index contributed by atoms with van der Waals surface area (Å²) in [6.45, 7) is 1.97. The molecule has 0 aliphatic rings. The normalized spacial score (nSPS) is 12.5. The number of pyridine rings is 1. The first kappa shape index (κ1) is 14.3. The zero-order valence-corrected chi connectivity index (χ0v) is 12.0. The fourth-order valence-corrected chi connectivity index (χ4v) is 2.63. The molecule has 0 spiro atoms. The maximum Gasteiger partial charge on any atom is 0.304 e. The number of carboxylic acid groups (broad SMARTS) is 1. The maximum absolute atomic E-state index is 13.1. The van der Waals surface area contributed by atoms with Crippen LogP contribution in [-0.4, -0.2) is 20.5 Å². The summed E-state index contributed by atoms with van der Waals surface area (Å²) in [5.74, 6) is -1.63. The third-order valence-corrected chi connectivity index (χ3v) is 3.69. The number of benzene rings is 1. The molecule has 3 rings (SSSR count). The molecule has 22 heavy (non-hydrogen) atoms. The zero-order valence-electron chi connectivity index (χ0n) is 12.0. The molecule has 0 amide bonds. The molecule has 0 aliphatic carbocycles. The van der Waals surface area contributed by atoms with E-state index >= 15 is 0 Å². The van der Waals surface area contributed by atoms with E-state index in [9.17, 15) is 14.3 Å². The highest BCUT2D eigenvalue weighted by Crippen LogP contribution is 2.29. The second-order valence-electron chi connectivity index (χ2n) is 5.32. The minimum Gasteiger partial charge on any atom is -0.481 e. The van der Waals surface area contributed by atoms with Crippen molar-refractivity contribution in [3.8, 4) is 0 Å². The third kappa shape index (κ3) is 2.70. The number of nitrogens with zero attached hydrogens (tertiary/aromatic N) is 2. The van der Waals surface area contributed by atoms with Crippen LogP contribution in [0.5, 0.6) is 0 Å². The fraction of sp³-hybridized carbons (Fsp3) is 0.176. The lowest BCUT2D eigenvalue weighted by Gasteiger charge is -2.15. The lowest BCUT2D eigenvalue weighted by molar-refractivity contribution is -0.137. The largest absolute Gasteiger partial charge is 0.481 e. The second kappa shape index (κ2) is 5.60. The molecule has 3 aromatic rings. The van der Waals surface area contributed by atoms with Crippen LogP contribution in [-0.2, 0) is 4.79 Å². The number of aromatic nitrogens is 2. The number of hydrogen-bond donors (Lipinski definition) is 1. The molecule has 0 saturated carbocycles. The number of aryl methyl sites for hydroxylation is 1. The van der Waals surface area contributed by atoms with Gasteiger partial charge in [-0.3, -0.25) is 4.79 Å². The first-order valence-corrected chi connectivity index (χ1v) is 6.95. The molecule has 0 fully saturated rings. The minimum absolute atomic E-state index is 0.0760. The van der Waals surface area contributed by atoms with Crippen molar-refractivity contribution in [3.63, 3.8) is 0 Å². The summed E-state index contributed by atoms with van der Waals surface area (Å²) in [6.07, 6.45) is 3.54. The molecular weight excluding hydrogens is 283 g/mol. The van der Waals surface area contributed by atoms with Gasteiger partial charge in [0.2, 0.25) is 0 Å². The van der Waals surface area contributed by atoms with Gasteiger partial charge in [-0.25, -0.2) is 9.37 Å². The first-order chi connectivity index (χ1) is 10.5. The van der Waals surface area contributed by atoms with Gasteiger partial charge in [-0.2, -0.15) is 0 Å². The molecule has 0 aliphatic heterocycles. The number of fused-ring (bicyclic) bond motifs is 1. The smallest absolute Gasteiger partial charge is 0.304 e. The minimum atomic E-state index is -0.906. The summed E-state index contributed by atoms with van der Waals surface area (Å²) in [6, 6.07) is 9.78. The summed E-state index contributed by atoms with van der Waals surface area (Å²) in [5.41, 5.74) is 3.36. The molecule has 1 unspecified atom stereocenters. The monoisotopic (exact) mass is 298 g/mol. The highest BCUT2D eigenvalue weighted by Gasteiger charge is 2.21. The average Bonchev–Trinajstić information content (AvgIpc) is 2.88. The highest BCUT2D eigenvalue weighted by molar-refractivity contribution is 5.69. The van der Waals surface area contributed by atoms with Crippen molar-refractivity contribution in [2.24, 2.45) is 0 Å². The number of rotatable bonds is 4. The summed E-state index contributed by atoms with van der Waals surface area (Å²) in [4.78, 5) is 15.6. The van der Waals surface area contributed by atoms with Gasteiger partial charge in [0.15, 0.2) is 0 Å². The molecule has 112 valence electrons. The Labute approximate surface area is 126 Å². The van der Waals surface area contributed by atoms with Crippen molar-refractivity contribution in [1.29, 1.82) is 0 Å². The maximum atomic E-state index is 13.1. The van der Waals surface area contributed by atoms with Crippen LogP contribution in [0.2, 0.25) is 0 Å². The summed E-state index contributed by atoms with van der Waals surface area (Å²) >= 11 is 0. The van der Waals surface area contributed by atoms with Crippen LogP contribution >= 0.6 is 0 Å². The van der Waals surface area contributed by atoms with Crippen molar-refractivity contribution in [1.82, 2.24) is 9.38 Å². The number of hydrogen-bond acceptors (Lipinski definition) is 2. The van der Waals surface area contributed by atoms with Crippen LogP contribution < -0.4 is 0 Å². The van der Waals surface area contributed by atoms with Crippen LogP contribution in [0.1, 0.15) is 29.2 Å². The first-order valence-electron chi connectivity index (χ1n) is 6.95. The van der Waals surface area contributed by atoms with E-state index in [0.717, 1.165) is 22.5 Å². The molecular formula is C17H15FN2O2. The Morgan fingerprint density at radius 1 is 1.27 bits per heavy atom. The molecule has 1 aromatic carbocycles. The molecule has 0 saturated heterocycles. The number of carbonyl (C=O) groups is 1. The van der Waals surface area contributed by atoms with E-state index in [1.54, 1.807) is 18.3 Å². The van der Waals surface area contributed by atoms with Gasteiger partial charge in [0.05, 0.1) is 12.1 Å². The van der Waals surface area contributed by atoms with E-state index in [4.69, 9.17) is 0 Å². The van der Waals surface area contributed by atoms with Crippen LogP contribution in [0.15, 0.2) is 48.8 Å². The van der Waals surface area contributed by atoms with E-state index in [1.807, 2.05) is 29.7 Å². The third-order valence-electron chi connectivity index (χ3n) is 3.69. The Morgan fingerprint density at radius 2 is 2.00 bits per heavy atom. The zero-order chi connectivity index (χ0) is 15.7. The van der Waals surface area contributed by atoms with Gasteiger partial charge in [-0.1, -0.05) is 18.2 Å². The van der Waals surface area contributed by atoms with E-state index < -0.39 is 5.97 Å². The Morgan fingerprint density at radius 3 is 2.68 bits per heavy atom. The molecule has 1 N–H and O–H groups in total. The number of halogens is 1. The van der Waals surface area contributed by atoms with Gasteiger partial charge >= 0.3 is 5.97 Å². The topological polar surface area (TPSA) is 54.6 Å². The molecule has 2 aromatic heterocycles. The van der Waals surface area contributed by atoms with Crippen molar-refractivity contribution < 1.29 is 14.3 Å². The van der Waals surface area contributed by atoms with Gasteiger partial charge in [0.1, 0.15) is 11.5 Å². The Bertz CT molecular complexity index is 824. The standard InChI is InChI=1S/C17H15FN2O2/c1-11-2-7-16-19-9-15(20(16)10-11)14(8-17(21)22)12-3-5-13(18)6-4-12/h2-7,9-10,14H,8H2,1H3,(H,21,22). The van der Waals surface area contributed by atoms with Crippen LogP contribution in [0.3, 0.4) is 0 Å². The Balaban J connectivity index is 2.13. The van der Waals surface area contributed by atoms with Gasteiger partial charge in [-0.15, -0.1) is 0 Å². The SMILES string of the molecule is Cc1ccc2ncc(C(CC(=O)O)c3ccc(F)cc3)n2c1. The predicted molar refractivity (Wildman–Crippen MR) is 80.4 cm³/mol. The molecule has 1 atom stereocenters. The summed E-state index contributed by atoms with van der Waals surface area (Å²) in [7, 11) is 0. The fourth-order valence-electron chi connectivity index (χ4n) is 2.63. The van der Waals surface area contributed by atoms with Crippen molar-refractivity contribution in [2.45, 2.75) is 19.3 Å². The van der Waals surface area contributed by atoms with Crippen LogP contribution in [0, 0.1) is 12.7 Å². The van der Waals surface area contributed by atoms with Gasteiger partial charge in [0.25, 0.3) is 0 Å². The number of carboxylic acids is 1. The quantitative estimate of drug-likeness (QED) is 0.803.